The molecule has 3 nitrogen and oxygen atoms in total. The maximum atomic E-state index is 5.55. The Hall–Kier alpha value is -2.72. The van der Waals surface area contributed by atoms with E-state index in [1.54, 1.807) is 0 Å². The molecule has 0 bridgehead atoms. The monoisotopic (exact) mass is 331 g/mol. The fourth-order valence-electron chi connectivity index (χ4n) is 3.10. The SMILES string of the molecule is Cn1c(=S)n(C)c2c(-c3ccccc3)cc(-c3ccccc3)nc21. The quantitative estimate of drug-likeness (QED) is 0.484. The zero-order valence-electron chi connectivity index (χ0n) is 13.6. The van der Waals surface area contributed by atoms with Gasteiger partial charge in [0.05, 0.1) is 11.2 Å². The first-order chi connectivity index (χ1) is 11.7. The highest BCUT2D eigenvalue weighted by atomic mass is 32.1. The molecule has 0 atom stereocenters. The van der Waals surface area contributed by atoms with Crippen molar-refractivity contribution >= 4 is 23.4 Å². The molecule has 4 aromatic rings. The van der Waals surface area contributed by atoms with E-state index in [9.17, 15) is 0 Å². The lowest BCUT2D eigenvalue weighted by Gasteiger charge is -2.09. The van der Waals surface area contributed by atoms with Crippen molar-refractivity contribution in [2.75, 3.05) is 0 Å². The minimum Gasteiger partial charge on any atom is -0.318 e. The summed E-state index contributed by atoms with van der Waals surface area (Å²) in [6.45, 7) is 0. The van der Waals surface area contributed by atoms with Gasteiger partial charge in [0.15, 0.2) is 10.4 Å². The van der Waals surface area contributed by atoms with E-state index in [2.05, 4.69) is 42.5 Å². The lowest BCUT2D eigenvalue weighted by molar-refractivity contribution is 0.830. The number of imidazole rings is 1. The van der Waals surface area contributed by atoms with E-state index < -0.39 is 0 Å². The van der Waals surface area contributed by atoms with E-state index in [1.165, 1.54) is 5.56 Å². The van der Waals surface area contributed by atoms with Gasteiger partial charge in [0.1, 0.15) is 0 Å². The third-order valence-corrected chi connectivity index (χ3v) is 4.90. The number of aryl methyl sites for hydroxylation is 2. The largest absolute Gasteiger partial charge is 0.318 e. The summed E-state index contributed by atoms with van der Waals surface area (Å²) in [6.07, 6.45) is 0. The molecule has 118 valence electrons. The summed E-state index contributed by atoms with van der Waals surface area (Å²) < 4.78 is 4.78. The first-order valence-corrected chi connectivity index (χ1v) is 8.25. The highest BCUT2D eigenvalue weighted by molar-refractivity contribution is 7.71. The lowest BCUT2D eigenvalue weighted by atomic mass is 10.0. The molecular formula is C20H17N3S. The van der Waals surface area contributed by atoms with Gasteiger partial charge >= 0.3 is 0 Å². The zero-order chi connectivity index (χ0) is 16.7. The summed E-state index contributed by atoms with van der Waals surface area (Å²) in [5, 5.41) is 0. The van der Waals surface area contributed by atoms with Gasteiger partial charge in [0.25, 0.3) is 0 Å². The number of fused-ring (bicyclic) bond motifs is 1. The second kappa shape index (κ2) is 5.73. The molecule has 0 N–H and O–H groups in total. The van der Waals surface area contributed by atoms with Crippen molar-refractivity contribution in [1.82, 2.24) is 14.1 Å². The molecular weight excluding hydrogens is 314 g/mol. The highest BCUT2D eigenvalue weighted by Gasteiger charge is 2.15. The Balaban J connectivity index is 2.12. The van der Waals surface area contributed by atoms with Gasteiger partial charge < -0.3 is 9.13 Å². The van der Waals surface area contributed by atoms with Gasteiger partial charge in [0, 0.05) is 25.2 Å². The van der Waals surface area contributed by atoms with Crippen LogP contribution in [0.1, 0.15) is 0 Å². The van der Waals surface area contributed by atoms with Crippen LogP contribution in [0, 0.1) is 4.77 Å². The van der Waals surface area contributed by atoms with Crippen LogP contribution in [0.2, 0.25) is 0 Å². The third kappa shape index (κ3) is 2.27. The summed E-state index contributed by atoms with van der Waals surface area (Å²) >= 11 is 5.55. The molecule has 24 heavy (non-hydrogen) atoms. The van der Waals surface area contributed by atoms with E-state index in [1.807, 2.05) is 47.5 Å². The number of hydrogen-bond acceptors (Lipinski definition) is 2. The fraction of sp³-hybridized carbons (Fsp3) is 0.100. The fourth-order valence-corrected chi connectivity index (χ4v) is 3.27. The van der Waals surface area contributed by atoms with Crippen molar-refractivity contribution in [3.05, 3.63) is 71.5 Å². The maximum absolute atomic E-state index is 5.55. The molecule has 0 saturated carbocycles. The van der Waals surface area contributed by atoms with Gasteiger partial charge in [-0.05, 0) is 23.8 Å². The van der Waals surface area contributed by atoms with Crippen LogP contribution < -0.4 is 0 Å². The Labute approximate surface area is 145 Å². The zero-order valence-corrected chi connectivity index (χ0v) is 14.4. The van der Waals surface area contributed by atoms with Crippen LogP contribution in [-0.4, -0.2) is 14.1 Å². The van der Waals surface area contributed by atoms with E-state index in [4.69, 9.17) is 17.2 Å². The molecule has 4 heteroatoms. The first kappa shape index (κ1) is 14.8. The molecule has 0 saturated heterocycles. The van der Waals surface area contributed by atoms with Gasteiger partial charge in [-0.15, -0.1) is 0 Å². The molecule has 4 rings (SSSR count). The topological polar surface area (TPSA) is 22.8 Å². The van der Waals surface area contributed by atoms with Crippen molar-refractivity contribution in [2.24, 2.45) is 14.1 Å². The summed E-state index contributed by atoms with van der Waals surface area (Å²) in [6, 6.07) is 22.8. The van der Waals surface area contributed by atoms with E-state index >= 15 is 0 Å². The van der Waals surface area contributed by atoms with Crippen LogP contribution in [0.15, 0.2) is 66.7 Å². The molecule has 0 radical (unpaired) electrons. The first-order valence-electron chi connectivity index (χ1n) is 7.84. The second-order valence-corrected chi connectivity index (χ2v) is 6.23. The van der Waals surface area contributed by atoms with Gasteiger partial charge in [-0.3, -0.25) is 0 Å². The van der Waals surface area contributed by atoms with Crippen molar-refractivity contribution in [3.8, 4) is 22.4 Å². The molecule has 0 spiro atoms. The van der Waals surface area contributed by atoms with Gasteiger partial charge in [-0.1, -0.05) is 60.7 Å². The standard InChI is InChI=1S/C20H17N3S/c1-22-18-16(14-9-5-3-6-10-14)13-17(15-11-7-4-8-12-15)21-19(18)23(2)20(22)24/h3-13H,1-2H3. The van der Waals surface area contributed by atoms with Crippen LogP contribution in [0.3, 0.4) is 0 Å². The minimum absolute atomic E-state index is 0.764. The summed E-state index contributed by atoms with van der Waals surface area (Å²) in [5.41, 5.74) is 6.34. The third-order valence-electron chi connectivity index (χ3n) is 4.36. The van der Waals surface area contributed by atoms with Gasteiger partial charge in [-0.25, -0.2) is 4.98 Å². The normalized spacial score (nSPS) is 11.1. The van der Waals surface area contributed by atoms with Crippen LogP contribution in [0.25, 0.3) is 33.5 Å². The van der Waals surface area contributed by atoms with Crippen molar-refractivity contribution in [1.29, 1.82) is 0 Å². The predicted octanol–water partition coefficient (Wildman–Crippen LogP) is 4.98. The molecule has 0 aliphatic heterocycles. The number of pyridine rings is 1. The molecule has 2 aromatic heterocycles. The number of nitrogens with zero attached hydrogens (tertiary/aromatic N) is 3. The molecule has 0 amide bonds. The second-order valence-electron chi connectivity index (χ2n) is 5.86. The molecule has 0 aliphatic rings. The average Bonchev–Trinajstić information content (AvgIpc) is 2.87. The highest BCUT2D eigenvalue weighted by Crippen LogP contribution is 2.32. The molecule has 2 aromatic carbocycles. The molecule has 0 aliphatic carbocycles. The van der Waals surface area contributed by atoms with Crippen LogP contribution >= 0.6 is 12.2 Å². The number of rotatable bonds is 2. The molecule has 2 heterocycles. The number of hydrogen-bond donors (Lipinski definition) is 0. The Kier molecular flexibility index (Phi) is 3.54. The Morgan fingerprint density at radius 1 is 0.792 bits per heavy atom. The molecule has 0 unspecified atom stereocenters. The van der Waals surface area contributed by atoms with E-state index in [0.717, 1.165) is 32.8 Å². The summed E-state index contributed by atoms with van der Waals surface area (Å²) in [5.74, 6) is 0. The summed E-state index contributed by atoms with van der Waals surface area (Å²) in [4.78, 5) is 4.89. The van der Waals surface area contributed by atoms with Gasteiger partial charge in [0.2, 0.25) is 0 Å². The van der Waals surface area contributed by atoms with Crippen molar-refractivity contribution in [3.63, 3.8) is 0 Å². The van der Waals surface area contributed by atoms with Crippen LogP contribution in [0.4, 0.5) is 0 Å². The molecule has 0 fully saturated rings. The van der Waals surface area contributed by atoms with Crippen molar-refractivity contribution in [2.45, 2.75) is 0 Å². The smallest absolute Gasteiger partial charge is 0.181 e. The van der Waals surface area contributed by atoms with Crippen molar-refractivity contribution < 1.29 is 0 Å². The van der Waals surface area contributed by atoms with Gasteiger partial charge in [-0.2, -0.15) is 0 Å². The Morgan fingerprint density at radius 2 is 1.38 bits per heavy atom. The maximum Gasteiger partial charge on any atom is 0.181 e. The Morgan fingerprint density at radius 3 is 2.00 bits per heavy atom. The van der Waals surface area contributed by atoms with E-state index in [-0.39, 0.29) is 0 Å². The van der Waals surface area contributed by atoms with Crippen LogP contribution in [-0.2, 0) is 14.1 Å². The summed E-state index contributed by atoms with van der Waals surface area (Å²) in [7, 11) is 3.97. The Bertz CT molecular complexity index is 1080. The number of aromatic nitrogens is 3. The number of benzene rings is 2. The minimum atomic E-state index is 0.764. The predicted molar refractivity (Wildman–Crippen MR) is 101 cm³/mol. The lowest BCUT2D eigenvalue weighted by Crippen LogP contribution is -1.94. The van der Waals surface area contributed by atoms with E-state index in [0.29, 0.717) is 0 Å². The van der Waals surface area contributed by atoms with Crippen LogP contribution in [0.5, 0.6) is 0 Å². The average molecular weight is 331 g/mol.